The van der Waals surface area contributed by atoms with Crippen LogP contribution >= 0.6 is 0 Å². The second-order valence-corrected chi connectivity index (χ2v) is 12.9. The number of para-hydroxylation sites is 1. The quantitative estimate of drug-likeness (QED) is 0.322. The first-order valence-corrected chi connectivity index (χ1v) is 16.5. The number of nitrogens with zero attached hydrogens (tertiary/aromatic N) is 5. The summed E-state index contributed by atoms with van der Waals surface area (Å²) in [5, 5.41) is 3.19. The van der Waals surface area contributed by atoms with Crippen LogP contribution in [0.15, 0.2) is 83.9 Å². The van der Waals surface area contributed by atoms with E-state index >= 15 is 0 Å². The van der Waals surface area contributed by atoms with E-state index in [0.29, 0.717) is 18.9 Å². The second kappa shape index (κ2) is 14.4. The van der Waals surface area contributed by atoms with Gasteiger partial charge in [0.05, 0.1) is 18.2 Å². The third-order valence-corrected chi connectivity index (χ3v) is 9.52. The van der Waals surface area contributed by atoms with Gasteiger partial charge in [0.15, 0.2) is 0 Å². The molecule has 2 heterocycles. The van der Waals surface area contributed by atoms with Gasteiger partial charge in [0.25, 0.3) is 0 Å². The zero-order valence-corrected chi connectivity index (χ0v) is 26.5. The Labute approximate surface area is 263 Å². The predicted octanol–water partition coefficient (Wildman–Crippen LogP) is 6.17. The van der Waals surface area contributed by atoms with Crippen LogP contribution in [0.25, 0.3) is 0 Å². The van der Waals surface area contributed by atoms with Gasteiger partial charge in [-0.3, -0.25) is 9.69 Å². The predicted molar refractivity (Wildman–Crippen MR) is 180 cm³/mol. The SMILES string of the molecule is CN(C)CCN1CCN(C2=Nc3ccccc3C(CC(=O)NCc3ccccc3)N2c2ccc(C3CCCCC3)cc2)CC1. The van der Waals surface area contributed by atoms with Crippen LogP contribution in [0.1, 0.15) is 67.2 Å². The smallest absolute Gasteiger partial charge is 0.222 e. The van der Waals surface area contributed by atoms with Crippen molar-refractivity contribution in [2.75, 3.05) is 58.3 Å². The molecule has 0 aromatic heterocycles. The van der Waals surface area contributed by atoms with Gasteiger partial charge in [-0.2, -0.15) is 0 Å². The highest BCUT2D eigenvalue weighted by atomic mass is 16.1. The maximum atomic E-state index is 13.6. The van der Waals surface area contributed by atoms with E-state index in [1.165, 1.54) is 37.7 Å². The number of benzene rings is 3. The van der Waals surface area contributed by atoms with Crippen LogP contribution in [0.2, 0.25) is 0 Å². The summed E-state index contributed by atoms with van der Waals surface area (Å²) in [4.78, 5) is 28.5. The molecule has 1 N–H and O–H groups in total. The molecule has 6 rings (SSSR count). The van der Waals surface area contributed by atoms with Gasteiger partial charge >= 0.3 is 0 Å². The molecule has 0 bridgehead atoms. The molecule has 3 aliphatic rings. The van der Waals surface area contributed by atoms with Crippen molar-refractivity contribution in [2.45, 2.75) is 57.0 Å². The third-order valence-electron chi connectivity index (χ3n) is 9.52. The maximum absolute atomic E-state index is 13.6. The highest BCUT2D eigenvalue weighted by Gasteiger charge is 2.36. The van der Waals surface area contributed by atoms with Crippen molar-refractivity contribution < 1.29 is 4.79 Å². The molecule has 0 radical (unpaired) electrons. The number of carbonyl (C=O) groups excluding carboxylic acids is 1. The minimum absolute atomic E-state index is 0.0484. The lowest BCUT2D eigenvalue weighted by molar-refractivity contribution is -0.121. The molecule has 2 fully saturated rings. The Bertz CT molecular complexity index is 1390. The average molecular weight is 593 g/mol. The fourth-order valence-corrected chi connectivity index (χ4v) is 6.93. The number of amides is 1. The van der Waals surface area contributed by atoms with Crippen molar-refractivity contribution >= 4 is 23.2 Å². The largest absolute Gasteiger partial charge is 0.352 e. The van der Waals surface area contributed by atoms with Gasteiger partial charge in [-0.25, -0.2) is 4.99 Å². The molecule has 1 unspecified atom stereocenters. The van der Waals surface area contributed by atoms with Gasteiger partial charge < -0.3 is 20.0 Å². The van der Waals surface area contributed by atoms with Crippen LogP contribution in [0.3, 0.4) is 0 Å². The standard InChI is InChI=1S/C37H48N6O/c1-40(2)21-22-41-23-25-42(26-24-41)37-39-34-16-10-9-15-33(34)35(27-36(44)38-28-29-11-5-3-6-12-29)43(37)32-19-17-31(18-20-32)30-13-7-4-8-14-30/h3,5-6,9-12,15-20,30,35H,4,7-8,13-14,21-28H2,1-2H3,(H,38,44). The van der Waals surface area contributed by atoms with Crippen LogP contribution < -0.4 is 10.2 Å². The summed E-state index contributed by atoms with van der Waals surface area (Å²) in [6.45, 7) is 6.51. The Kier molecular flexibility index (Phi) is 9.93. The zero-order chi connectivity index (χ0) is 30.3. The number of carbonyl (C=O) groups is 1. The molecule has 1 saturated carbocycles. The molecule has 1 atom stereocenters. The topological polar surface area (TPSA) is 54.4 Å². The lowest BCUT2D eigenvalue weighted by Gasteiger charge is -2.45. The van der Waals surface area contributed by atoms with Crippen molar-refractivity contribution in [2.24, 2.45) is 4.99 Å². The van der Waals surface area contributed by atoms with E-state index in [9.17, 15) is 4.79 Å². The Morgan fingerprint density at radius 1 is 0.864 bits per heavy atom. The molecular formula is C37H48N6O. The monoisotopic (exact) mass is 592 g/mol. The average Bonchev–Trinajstić information content (AvgIpc) is 3.07. The highest BCUT2D eigenvalue weighted by molar-refractivity contribution is 6.01. The summed E-state index contributed by atoms with van der Waals surface area (Å²) in [5.41, 5.74) is 5.72. The molecule has 2 aliphatic heterocycles. The Hall–Kier alpha value is -3.68. The summed E-state index contributed by atoms with van der Waals surface area (Å²) in [6, 6.07) is 27.6. The molecule has 1 aliphatic carbocycles. The molecule has 1 amide bonds. The number of guanidine groups is 1. The zero-order valence-electron chi connectivity index (χ0n) is 26.5. The fraction of sp³-hybridized carbons (Fsp3) is 0.459. The van der Waals surface area contributed by atoms with E-state index in [1.54, 1.807) is 0 Å². The third kappa shape index (κ3) is 7.33. The normalized spacial score (nSPS) is 19.5. The van der Waals surface area contributed by atoms with E-state index in [4.69, 9.17) is 4.99 Å². The first-order chi connectivity index (χ1) is 21.5. The number of hydrogen-bond acceptors (Lipinski definition) is 6. The number of piperazine rings is 1. The van der Waals surface area contributed by atoms with Gasteiger partial charge in [-0.05, 0) is 62.2 Å². The minimum Gasteiger partial charge on any atom is -0.352 e. The number of nitrogens with one attached hydrogen (secondary N) is 1. The van der Waals surface area contributed by atoms with Gasteiger partial charge in [0.1, 0.15) is 0 Å². The van der Waals surface area contributed by atoms with Crippen LogP contribution in [-0.4, -0.2) is 79.9 Å². The van der Waals surface area contributed by atoms with E-state index in [2.05, 4.69) is 99.7 Å². The van der Waals surface area contributed by atoms with Gasteiger partial charge in [0.2, 0.25) is 11.9 Å². The minimum atomic E-state index is -0.151. The molecule has 3 aromatic rings. The first-order valence-electron chi connectivity index (χ1n) is 16.5. The van der Waals surface area contributed by atoms with E-state index in [1.807, 2.05) is 18.2 Å². The van der Waals surface area contributed by atoms with Crippen LogP contribution in [-0.2, 0) is 11.3 Å². The highest BCUT2D eigenvalue weighted by Crippen LogP contribution is 2.41. The van der Waals surface area contributed by atoms with Crippen molar-refractivity contribution in [1.82, 2.24) is 20.0 Å². The van der Waals surface area contributed by atoms with Gasteiger partial charge in [0, 0.05) is 57.1 Å². The number of anilines is 1. The molecule has 7 nitrogen and oxygen atoms in total. The van der Waals surface area contributed by atoms with E-state index in [0.717, 1.165) is 67.7 Å². The fourth-order valence-electron chi connectivity index (χ4n) is 6.93. The molecular weight excluding hydrogens is 544 g/mol. The molecule has 232 valence electrons. The number of rotatable bonds is 9. The number of fused-ring (bicyclic) bond motifs is 1. The summed E-state index contributed by atoms with van der Waals surface area (Å²) >= 11 is 0. The van der Waals surface area contributed by atoms with Crippen molar-refractivity contribution in [3.63, 3.8) is 0 Å². The van der Waals surface area contributed by atoms with Crippen molar-refractivity contribution in [1.29, 1.82) is 0 Å². The summed E-state index contributed by atoms with van der Waals surface area (Å²) in [5.74, 6) is 1.66. The van der Waals surface area contributed by atoms with Gasteiger partial charge in [-0.1, -0.05) is 79.9 Å². The van der Waals surface area contributed by atoms with Crippen LogP contribution in [0.4, 0.5) is 11.4 Å². The lowest BCUT2D eigenvalue weighted by Crippen LogP contribution is -2.56. The first kappa shape index (κ1) is 30.4. The Morgan fingerprint density at radius 2 is 1.57 bits per heavy atom. The van der Waals surface area contributed by atoms with E-state index in [-0.39, 0.29) is 11.9 Å². The number of hydrogen-bond donors (Lipinski definition) is 1. The second-order valence-electron chi connectivity index (χ2n) is 12.9. The number of likely N-dealkylation sites (N-methyl/N-ethyl adjacent to an activating group) is 1. The van der Waals surface area contributed by atoms with Crippen molar-refractivity contribution in [3.05, 3.63) is 95.6 Å². The Balaban J connectivity index is 1.29. The van der Waals surface area contributed by atoms with E-state index < -0.39 is 0 Å². The molecule has 1 saturated heterocycles. The van der Waals surface area contributed by atoms with Gasteiger partial charge in [-0.15, -0.1) is 0 Å². The number of aliphatic imine (C=N–C) groups is 1. The molecule has 44 heavy (non-hydrogen) atoms. The lowest BCUT2D eigenvalue weighted by atomic mass is 9.84. The van der Waals surface area contributed by atoms with Crippen molar-refractivity contribution in [3.8, 4) is 0 Å². The molecule has 7 heteroatoms. The van der Waals surface area contributed by atoms with Crippen LogP contribution in [0, 0.1) is 0 Å². The summed E-state index contributed by atoms with van der Waals surface area (Å²) in [7, 11) is 4.27. The summed E-state index contributed by atoms with van der Waals surface area (Å²) in [6.07, 6.45) is 6.94. The molecule has 3 aromatic carbocycles. The Morgan fingerprint density at radius 3 is 2.30 bits per heavy atom. The summed E-state index contributed by atoms with van der Waals surface area (Å²) < 4.78 is 0. The molecule has 0 spiro atoms. The van der Waals surface area contributed by atoms with Crippen LogP contribution in [0.5, 0.6) is 0 Å². The maximum Gasteiger partial charge on any atom is 0.222 e.